The van der Waals surface area contributed by atoms with Gasteiger partial charge in [-0.1, -0.05) is 6.92 Å². The lowest BCUT2D eigenvalue weighted by Crippen LogP contribution is -2.33. The van der Waals surface area contributed by atoms with Gasteiger partial charge in [0.1, 0.15) is 23.8 Å². The van der Waals surface area contributed by atoms with E-state index in [-0.39, 0.29) is 6.04 Å². The molecule has 6 unspecified atom stereocenters. The Kier molecular flexibility index (Phi) is 7.53. The van der Waals surface area contributed by atoms with Crippen LogP contribution in [0.2, 0.25) is 0 Å². The lowest BCUT2D eigenvalue weighted by Gasteiger charge is -2.17. The van der Waals surface area contributed by atoms with Gasteiger partial charge in [0.15, 0.2) is 12.0 Å². The number of anilines is 1. The van der Waals surface area contributed by atoms with Crippen molar-refractivity contribution in [3.05, 3.63) is 18.6 Å². The maximum Gasteiger partial charge on any atom is 0.320 e. The topological polar surface area (TPSA) is 156 Å². The first-order valence-corrected chi connectivity index (χ1v) is 11.1. The summed E-state index contributed by atoms with van der Waals surface area (Å²) in [6, 6.07) is 1.12. The molecule has 0 radical (unpaired) electrons. The van der Waals surface area contributed by atoms with Crippen LogP contribution in [0.5, 0.6) is 0 Å². The molecule has 3 rings (SSSR count). The standard InChI is InChI=1S/C19H29N5O5S/c1-3-10(2)23-17-14-12(4-6-21-17)24(9-22-14)18-16(26)15(25)13(29-18)8-30-7-5-11(20)19(27)28/h4,6,9-11,13,15-16,18,25-26H,3,5,7-8,20H2,1-2H3,(H,21,23)(H,27,28). The Hall–Kier alpha value is -1.92. The van der Waals surface area contributed by atoms with Crippen LogP contribution in [-0.2, 0) is 9.53 Å². The largest absolute Gasteiger partial charge is 0.480 e. The second-order valence-corrected chi connectivity index (χ2v) is 8.64. The smallest absolute Gasteiger partial charge is 0.320 e. The van der Waals surface area contributed by atoms with Crippen molar-refractivity contribution < 1.29 is 24.9 Å². The summed E-state index contributed by atoms with van der Waals surface area (Å²) in [6.45, 7) is 4.14. The molecule has 6 N–H and O–H groups in total. The molecule has 30 heavy (non-hydrogen) atoms. The first-order chi connectivity index (χ1) is 14.3. The Balaban J connectivity index is 1.68. The number of aliphatic hydroxyl groups is 2. The highest BCUT2D eigenvalue weighted by atomic mass is 32.2. The molecule has 1 saturated heterocycles. The Morgan fingerprint density at radius 2 is 2.17 bits per heavy atom. The summed E-state index contributed by atoms with van der Waals surface area (Å²) in [5.74, 6) is 0.559. The monoisotopic (exact) mass is 439 g/mol. The number of carboxylic acid groups (broad SMARTS) is 1. The molecule has 3 heterocycles. The molecule has 1 aliphatic rings. The van der Waals surface area contributed by atoms with Crippen LogP contribution in [0.25, 0.3) is 11.0 Å². The molecule has 0 aliphatic carbocycles. The minimum absolute atomic E-state index is 0.235. The SMILES string of the molecule is CCC(C)Nc1nccc2c1ncn2C1OC(CSCCC(N)C(=O)O)C(O)C1O. The van der Waals surface area contributed by atoms with E-state index in [0.717, 1.165) is 11.9 Å². The van der Waals surface area contributed by atoms with Crippen LogP contribution >= 0.6 is 11.8 Å². The first kappa shape index (κ1) is 22.8. The van der Waals surface area contributed by atoms with Gasteiger partial charge in [0.25, 0.3) is 0 Å². The number of rotatable bonds is 10. The zero-order valence-electron chi connectivity index (χ0n) is 17.0. The molecular formula is C19H29N5O5S. The van der Waals surface area contributed by atoms with Crippen LogP contribution in [0.15, 0.2) is 18.6 Å². The van der Waals surface area contributed by atoms with E-state index in [1.807, 2.05) is 0 Å². The fourth-order valence-corrected chi connectivity index (χ4v) is 4.33. The minimum Gasteiger partial charge on any atom is -0.480 e. The Labute approximate surface area is 178 Å². The van der Waals surface area contributed by atoms with Crippen molar-refractivity contribution in [1.29, 1.82) is 0 Å². The van der Waals surface area contributed by atoms with E-state index in [1.165, 1.54) is 11.8 Å². The van der Waals surface area contributed by atoms with Gasteiger partial charge in [0.2, 0.25) is 0 Å². The van der Waals surface area contributed by atoms with Gasteiger partial charge in [0, 0.05) is 18.0 Å². The molecule has 166 valence electrons. The summed E-state index contributed by atoms with van der Waals surface area (Å²) in [6.07, 6.45) is 0.953. The van der Waals surface area contributed by atoms with Crippen molar-refractivity contribution >= 4 is 34.6 Å². The Morgan fingerprint density at radius 3 is 2.87 bits per heavy atom. The summed E-state index contributed by atoms with van der Waals surface area (Å²) in [7, 11) is 0. The van der Waals surface area contributed by atoms with Crippen molar-refractivity contribution in [1.82, 2.24) is 14.5 Å². The van der Waals surface area contributed by atoms with E-state index in [9.17, 15) is 15.0 Å². The molecular weight excluding hydrogens is 410 g/mol. The zero-order valence-corrected chi connectivity index (χ0v) is 17.8. The van der Waals surface area contributed by atoms with E-state index in [0.29, 0.717) is 29.3 Å². The number of pyridine rings is 1. The van der Waals surface area contributed by atoms with Crippen LogP contribution < -0.4 is 11.1 Å². The van der Waals surface area contributed by atoms with Crippen LogP contribution in [-0.4, -0.2) is 77.7 Å². The number of aliphatic hydroxyl groups excluding tert-OH is 2. The molecule has 10 nitrogen and oxygen atoms in total. The fourth-order valence-electron chi connectivity index (χ4n) is 3.24. The van der Waals surface area contributed by atoms with Gasteiger partial charge < -0.3 is 35.7 Å². The number of nitrogens with two attached hydrogens (primary N) is 1. The predicted octanol–water partition coefficient (Wildman–Crippen LogP) is 0.796. The maximum absolute atomic E-state index is 10.8. The number of fused-ring (bicyclic) bond motifs is 1. The first-order valence-electron chi connectivity index (χ1n) is 9.99. The molecule has 0 spiro atoms. The van der Waals surface area contributed by atoms with Gasteiger partial charge in [-0.05, 0) is 31.6 Å². The summed E-state index contributed by atoms with van der Waals surface area (Å²) < 4.78 is 7.65. The summed E-state index contributed by atoms with van der Waals surface area (Å²) in [5, 5.41) is 33.2. The maximum atomic E-state index is 10.8. The molecule has 0 aromatic carbocycles. The van der Waals surface area contributed by atoms with Gasteiger partial charge in [-0.25, -0.2) is 9.97 Å². The molecule has 1 aliphatic heterocycles. The number of nitrogens with zero attached hydrogens (tertiary/aromatic N) is 3. The fraction of sp³-hybridized carbons (Fsp3) is 0.632. The van der Waals surface area contributed by atoms with E-state index in [2.05, 4.69) is 29.1 Å². The second-order valence-electron chi connectivity index (χ2n) is 7.49. The number of ether oxygens (including phenoxy) is 1. The highest BCUT2D eigenvalue weighted by Gasteiger charge is 2.44. The zero-order chi connectivity index (χ0) is 21.8. The molecule has 2 aromatic rings. The summed E-state index contributed by atoms with van der Waals surface area (Å²) >= 11 is 1.43. The van der Waals surface area contributed by atoms with Gasteiger partial charge >= 0.3 is 5.97 Å². The van der Waals surface area contributed by atoms with Crippen molar-refractivity contribution in [3.63, 3.8) is 0 Å². The number of hydrogen-bond donors (Lipinski definition) is 5. The van der Waals surface area contributed by atoms with Crippen LogP contribution in [0.4, 0.5) is 5.82 Å². The van der Waals surface area contributed by atoms with Crippen molar-refractivity contribution in [2.75, 3.05) is 16.8 Å². The number of carboxylic acids is 1. The molecule has 0 amide bonds. The van der Waals surface area contributed by atoms with Crippen LogP contribution in [0.3, 0.4) is 0 Å². The number of nitrogens with one attached hydrogen (secondary N) is 1. The van der Waals surface area contributed by atoms with E-state index in [4.69, 9.17) is 15.6 Å². The highest BCUT2D eigenvalue weighted by Crippen LogP contribution is 2.34. The average Bonchev–Trinajstić information content (AvgIpc) is 3.27. The van der Waals surface area contributed by atoms with E-state index < -0.39 is 36.6 Å². The number of aliphatic carboxylic acids is 1. The number of imidazole rings is 1. The van der Waals surface area contributed by atoms with Crippen LogP contribution in [0, 0.1) is 0 Å². The van der Waals surface area contributed by atoms with Gasteiger partial charge in [-0.15, -0.1) is 0 Å². The third kappa shape index (κ3) is 4.86. The molecule has 0 bridgehead atoms. The highest BCUT2D eigenvalue weighted by molar-refractivity contribution is 7.99. The molecule has 11 heteroatoms. The summed E-state index contributed by atoms with van der Waals surface area (Å²) in [5.41, 5.74) is 6.91. The number of carbonyl (C=O) groups is 1. The summed E-state index contributed by atoms with van der Waals surface area (Å²) in [4.78, 5) is 19.6. The molecule has 0 saturated carbocycles. The average molecular weight is 440 g/mol. The third-order valence-electron chi connectivity index (χ3n) is 5.27. The van der Waals surface area contributed by atoms with E-state index >= 15 is 0 Å². The van der Waals surface area contributed by atoms with Gasteiger partial charge in [-0.2, -0.15) is 11.8 Å². The van der Waals surface area contributed by atoms with Gasteiger partial charge in [0.05, 0.1) is 17.9 Å². The predicted molar refractivity (Wildman–Crippen MR) is 114 cm³/mol. The van der Waals surface area contributed by atoms with Gasteiger partial charge in [-0.3, -0.25) is 4.79 Å². The molecule has 1 fully saturated rings. The quantitative estimate of drug-likeness (QED) is 0.335. The lowest BCUT2D eigenvalue weighted by molar-refractivity contribution is -0.138. The number of thioether (sulfide) groups is 1. The van der Waals surface area contributed by atoms with Crippen molar-refractivity contribution in [2.45, 2.75) is 63.3 Å². The molecule has 2 aromatic heterocycles. The molecule has 6 atom stereocenters. The lowest BCUT2D eigenvalue weighted by atomic mass is 10.1. The Bertz CT molecular complexity index is 865. The number of aromatic nitrogens is 3. The van der Waals surface area contributed by atoms with Crippen LogP contribution in [0.1, 0.15) is 32.9 Å². The number of hydrogen-bond acceptors (Lipinski definition) is 9. The second kappa shape index (κ2) is 9.92. The van der Waals surface area contributed by atoms with Crippen molar-refractivity contribution in [3.8, 4) is 0 Å². The normalized spacial score (nSPS) is 26.0. The minimum atomic E-state index is -1.12. The van der Waals surface area contributed by atoms with E-state index in [1.54, 1.807) is 23.2 Å². The van der Waals surface area contributed by atoms with Crippen molar-refractivity contribution in [2.24, 2.45) is 5.73 Å². The Morgan fingerprint density at radius 1 is 1.40 bits per heavy atom. The third-order valence-corrected chi connectivity index (χ3v) is 6.36.